The van der Waals surface area contributed by atoms with E-state index in [4.69, 9.17) is 4.74 Å². The highest BCUT2D eigenvalue weighted by atomic mass is 16.6. The molecule has 2 aliphatic heterocycles. The Morgan fingerprint density at radius 3 is 3.05 bits per heavy atom. The number of aryl methyl sites for hydroxylation is 1. The Morgan fingerprint density at radius 1 is 1.50 bits per heavy atom. The molecule has 1 aromatic rings. The molecule has 1 aromatic carbocycles. The third-order valence-corrected chi connectivity index (χ3v) is 4.54. The van der Waals surface area contributed by atoms with Crippen molar-refractivity contribution in [3.63, 3.8) is 0 Å². The highest BCUT2D eigenvalue weighted by molar-refractivity contribution is 5.92. The van der Waals surface area contributed by atoms with Crippen molar-refractivity contribution in [2.24, 2.45) is 0 Å². The SMILES string of the molecule is CCOC(=O)N1c2ccc(C)cc2C2C[NH+](C)CCC21. The molecule has 3 rings (SSSR count). The second-order valence-electron chi connectivity index (χ2n) is 6.00. The van der Waals surface area contributed by atoms with Crippen molar-refractivity contribution in [1.82, 2.24) is 0 Å². The lowest BCUT2D eigenvalue weighted by molar-refractivity contribution is -0.886. The number of ether oxygens (including phenoxy) is 1. The van der Waals surface area contributed by atoms with Crippen LogP contribution in [0, 0.1) is 6.92 Å². The van der Waals surface area contributed by atoms with Crippen LogP contribution in [0.5, 0.6) is 0 Å². The van der Waals surface area contributed by atoms with Gasteiger partial charge in [-0.2, -0.15) is 0 Å². The molecular formula is C16H23N2O2+. The van der Waals surface area contributed by atoms with Crippen LogP contribution < -0.4 is 9.80 Å². The van der Waals surface area contributed by atoms with Gasteiger partial charge in [-0.15, -0.1) is 0 Å². The average molecular weight is 275 g/mol. The van der Waals surface area contributed by atoms with Crippen LogP contribution in [0.2, 0.25) is 0 Å². The van der Waals surface area contributed by atoms with Crippen LogP contribution in [0.1, 0.15) is 30.4 Å². The van der Waals surface area contributed by atoms with Crippen LogP contribution in [0.3, 0.4) is 0 Å². The number of fused-ring (bicyclic) bond motifs is 3. The summed E-state index contributed by atoms with van der Waals surface area (Å²) in [4.78, 5) is 15.8. The van der Waals surface area contributed by atoms with E-state index in [-0.39, 0.29) is 12.1 Å². The van der Waals surface area contributed by atoms with Crippen molar-refractivity contribution >= 4 is 11.8 Å². The number of piperidine rings is 1. The average Bonchev–Trinajstić information content (AvgIpc) is 2.72. The molecule has 0 aliphatic carbocycles. The molecule has 108 valence electrons. The minimum absolute atomic E-state index is 0.190. The molecule has 0 aromatic heterocycles. The Labute approximate surface area is 120 Å². The molecule has 1 N–H and O–H groups in total. The second-order valence-corrected chi connectivity index (χ2v) is 6.00. The summed E-state index contributed by atoms with van der Waals surface area (Å²) in [5.41, 5.74) is 3.64. The maximum atomic E-state index is 12.3. The number of likely N-dealkylation sites (tertiary alicyclic amines) is 1. The molecule has 0 radical (unpaired) electrons. The van der Waals surface area contributed by atoms with Crippen molar-refractivity contribution < 1.29 is 14.4 Å². The highest BCUT2D eigenvalue weighted by Gasteiger charge is 2.46. The number of quaternary nitrogens is 1. The number of amides is 1. The summed E-state index contributed by atoms with van der Waals surface area (Å²) in [7, 11) is 2.23. The standard InChI is InChI=1S/C16H22N2O2/c1-4-20-16(19)18-14-6-5-11(2)9-12(14)13-10-17(3)8-7-15(13)18/h5-6,9,13,15H,4,7-8,10H2,1-3H3/p+1. The first kappa shape index (κ1) is 13.4. The zero-order chi connectivity index (χ0) is 14.3. The molecule has 0 bridgehead atoms. The van der Waals surface area contributed by atoms with Crippen LogP contribution in [-0.4, -0.2) is 38.9 Å². The number of benzene rings is 1. The molecule has 3 atom stereocenters. The highest BCUT2D eigenvalue weighted by Crippen LogP contribution is 2.43. The van der Waals surface area contributed by atoms with Crippen LogP contribution in [0.4, 0.5) is 10.5 Å². The normalized spacial score (nSPS) is 27.9. The van der Waals surface area contributed by atoms with Crippen molar-refractivity contribution in [2.45, 2.75) is 32.2 Å². The molecular weight excluding hydrogens is 252 g/mol. The number of nitrogens with zero attached hydrogens (tertiary/aromatic N) is 1. The molecule has 20 heavy (non-hydrogen) atoms. The number of likely N-dealkylation sites (N-methyl/N-ethyl adjacent to an activating group) is 1. The summed E-state index contributed by atoms with van der Waals surface area (Å²) < 4.78 is 5.27. The fraction of sp³-hybridized carbons (Fsp3) is 0.562. The second kappa shape index (κ2) is 5.09. The molecule has 0 saturated carbocycles. The maximum Gasteiger partial charge on any atom is 0.414 e. The Morgan fingerprint density at radius 2 is 2.30 bits per heavy atom. The fourth-order valence-corrected chi connectivity index (χ4v) is 3.63. The van der Waals surface area contributed by atoms with Gasteiger partial charge in [0.1, 0.15) is 0 Å². The third-order valence-electron chi connectivity index (χ3n) is 4.54. The first-order chi connectivity index (χ1) is 9.61. The van der Waals surface area contributed by atoms with Gasteiger partial charge in [0.15, 0.2) is 0 Å². The van der Waals surface area contributed by atoms with E-state index in [0.717, 1.165) is 25.2 Å². The Bertz CT molecular complexity index is 529. The number of carbonyl (C=O) groups is 1. The number of hydrogen-bond donors (Lipinski definition) is 1. The molecule has 2 heterocycles. The molecule has 1 fully saturated rings. The smallest absolute Gasteiger partial charge is 0.414 e. The van der Waals surface area contributed by atoms with Crippen LogP contribution in [0.25, 0.3) is 0 Å². The van der Waals surface area contributed by atoms with Crippen molar-refractivity contribution in [3.05, 3.63) is 29.3 Å². The minimum atomic E-state index is -0.190. The number of rotatable bonds is 1. The zero-order valence-corrected chi connectivity index (χ0v) is 12.5. The first-order valence-corrected chi connectivity index (χ1v) is 7.49. The van der Waals surface area contributed by atoms with E-state index < -0.39 is 0 Å². The lowest BCUT2D eigenvalue weighted by atomic mass is 9.89. The summed E-state index contributed by atoms with van der Waals surface area (Å²) in [6.07, 6.45) is 0.855. The quantitative estimate of drug-likeness (QED) is 0.839. The maximum absolute atomic E-state index is 12.3. The van der Waals surface area contributed by atoms with E-state index in [0.29, 0.717) is 12.5 Å². The number of anilines is 1. The predicted molar refractivity (Wildman–Crippen MR) is 78.4 cm³/mol. The van der Waals surface area contributed by atoms with Crippen molar-refractivity contribution in [1.29, 1.82) is 0 Å². The van der Waals surface area contributed by atoms with Gasteiger partial charge in [-0.05, 0) is 25.5 Å². The largest absolute Gasteiger partial charge is 0.449 e. The first-order valence-electron chi connectivity index (χ1n) is 7.49. The summed E-state index contributed by atoms with van der Waals surface area (Å²) in [5, 5.41) is 0. The monoisotopic (exact) mass is 275 g/mol. The summed E-state index contributed by atoms with van der Waals surface area (Å²) in [6.45, 7) is 6.61. The Hall–Kier alpha value is -1.55. The van der Waals surface area contributed by atoms with Gasteiger partial charge in [0, 0.05) is 6.42 Å². The number of nitrogens with one attached hydrogen (secondary N) is 1. The molecule has 2 aliphatic rings. The van der Waals surface area contributed by atoms with E-state index in [1.807, 2.05) is 11.8 Å². The Balaban J connectivity index is 2.01. The summed E-state index contributed by atoms with van der Waals surface area (Å²) >= 11 is 0. The molecule has 4 heteroatoms. The van der Waals surface area contributed by atoms with Crippen LogP contribution in [0.15, 0.2) is 18.2 Å². The lowest BCUT2D eigenvalue weighted by Gasteiger charge is -2.33. The molecule has 4 nitrogen and oxygen atoms in total. The van der Waals surface area contributed by atoms with Crippen LogP contribution in [-0.2, 0) is 4.74 Å². The van der Waals surface area contributed by atoms with E-state index in [1.54, 1.807) is 4.90 Å². The molecule has 1 amide bonds. The molecule has 3 unspecified atom stereocenters. The van der Waals surface area contributed by atoms with Crippen LogP contribution >= 0.6 is 0 Å². The molecule has 1 saturated heterocycles. The van der Waals surface area contributed by atoms with Gasteiger partial charge in [-0.1, -0.05) is 17.7 Å². The van der Waals surface area contributed by atoms with E-state index >= 15 is 0 Å². The van der Waals surface area contributed by atoms with E-state index in [1.165, 1.54) is 11.1 Å². The summed E-state index contributed by atoms with van der Waals surface area (Å²) in [5.74, 6) is 0.447. The fourth-order valence-electron chi connectivity index (χ4n) is 3.63. The third kappa shape index (κ3) is 2.08. The number of carbonyl (C=O) groups excluding carboxylic acids is 1. The van der Waals surface area contributed by atoms with Gasteiger partial charge < -0.3 is 9.64 Å². The van der Waals surface area contributed by atoms with Gasteiger partial charge in [0.05, 0.1) is 44.4 Å². The van der Waals surface area contributed by atoms with E-state index in [2.05, 4.69) is 32.2 Å². The van der Waals surface area contributed by atoms with Gasteiger partial charge >= 0.3 is 6.09 Å². The van der Waals surface area contributed by atoms with E-state index in [9.17, 15) is 4.79 Å². The minimum Gasteiger partial charge on any atom is -0.449 e. The predicted octanol–water partition coefficient (Wildman–Crippen LogP) is 1.34. The van der Waals surface area contributed by atoms with Gasteiger partial charge in [-0.3, -0.25) is 4.90 Å². The summed E-state index contributed by atoms with van der Waals surface area (Å²) in [6, 6.07) is 6.67. The van der Waals surface area contributed by atoms with Gasteiger partial charge in [0.2, 0.25) is 0 Å². The topological polar surface area (TPSA) is 34.0 Å². The van der Waals surface area contributed by atoms with Gasteiger partial charge in [0.25, 0.3) is 0 Å². The van der Waals surface area contributed by atoms with Crippen molar-refractivity contribution in [2.75, 3.05) is 31.6 Å². The van der Waals surface area contributed by atoms with Crippen molar-refractivity contribution in [3.8, 4) is 0 Å². The number of hydrogen-bond acceptors (Lipinski definition) is 2. The Kier molecular flexibility index (Phi) is 3.42. The zero-order valence-electron chi connectivity index (χ0n) is 12.5. The molecule has 0 spiro atoms. The lowest BCUT2D eigenvalue weighted by Crippen LogP contribution is -3.11. The van der Waals surface area contributed by atoms with Gasteiger partial charge in [-0.25, -0.2) is 4.79 Å².